The molecular formula is C20H21N3O4. The number of benzene rings is 1. The molecule has 1 N–H and O–H groups in total. The van der Waals surface area contributed by atoms with Crippen molar-refractivity contribution in [3.05, 3.63) is 35.5 Å². The van der Waals surface area contributed by atoms with Crippen LogP contribution in [0, 0.1) is 12.8 Å². The van der Waals surface area contributed by atoms with Crippen LogP contribution in [0.5, 0.6) is 11.5 Å². The Labute approximate surface area is 156 Å². The highest BCUT2D eigenvalue weighted by Gasteiger charge is 2.21. The van der Waals surface area contributed by atoms with Gasteiger partial charge in [-0.25, -0.2) is 4.98 Å². The molecule has 0 unspecified atom stereocenters. The molecule has 0 bridgehead atoms. The second-order valence-corrected chi connectivity index (χ2v) is 7.01. The predicted octanol–water partition coefficient (Wildman–Crippen LogP) is 3.70. The van der Waals surface area contributed by atoms with Crippen LogP contribution in [0.15, 0.2) is 28.8 Å². The fourth-order valence-corrected chi connectivity index (χ4v) is 3.05. The molecule has 0 saturated carbocycles. The minimum absolute atomic E-state index is 0.156. The molecule has 1 aliphatic rings. The first-order valence-electron chi connectivity index (χ1n) is 8.98. The first-order chi connectivity index (χ1) is 13.0. The third-order valence-electron chi connectivity index (χ3n) is 4.54. The molecule has 3 aromatic rings. The molecule has 4 rings (SSSR count). The summed E-state index contributed by atoms with van der Waals surface area (Å²) in [5.41, 5.74) is 2.92. The fraction of sp³-hybridized carbons (Fsp3) is 0.350. The van der Waals surface area contributed by atoms with Crippen molar-refractivity contribution >= 4 is 17.0 Å². The quantitative estimate of drug-likeness (QED) is 0.740. The molecule has 0 fully saturated rings. The second kappa shape index (κ2) is 6.90. The van der Waals surface area contributed by atoms with Crippen LogP contribution in [0.4, 0.5) is 0 Å². The number of fused-ring (bicyclic) bond motifs is 2. The zero-order valence-corrected chi connectivity index (χ0v) is 15.5. The van der Waals surface area contributed by atoms with Crippen molar-refractivity contribution in [3.63, 3.8) is 0 Å². The Balaban J connectivity index is 1.74. The number of carbonyl (C=O) groups is 1. The van der Waals surface area contributed by atoms with Crippen LogP contribution in [0.2, 0.25) is 0 Å². The number of hydrogen-bond donors (Lipinski definition) is 1. The lowest BCUT2D eigenvalue weighted by Crippen LogP contribution is -2.25. The van der Waals surface area contributed by atoms with Gasteiger partial charge < -0.3 is 19.3 Å². The maximum atomic E-state index is 12.8. The van der Waals surface area contributed by atoms with Gasteiger partial charge >= 0.3 is 0 Å². The monoisotopic (exact) mass is 367 g/mol. The van der Waals surface area contributed by atoms with Crippen molar-refractivity contribution < 1.29 is 18.8 Å². The van der Waals surface area contributed by atoms with Crippen molar-refractivity contribution in [2.24, 2.45) is 5.92 Å². The highest BCUT2D eigenvalue weighted by atomic mass is 16.7. The van der Waals surface area contributed by atoms with E-state index in [1.54, 1.807) is 13.0 Å². The molecule has 0 radical (unpaired) electrons. The molecule has 0 saturated heterocycles. The zero-order valence-electron chi connectivity index (χ0n) is 15.5. The number of carbonyl (C=O) groups excluding carboxylic acids is 1. The minimum Gasteiger partial charge on any atom is -0.454 e. The van der Waals surface area contributed by atoms with E-state index in [2.05, 4.69) is 29.3 Å². The lowest BCUT2D eigenvalue weighted by Gasteiger charge is -2.10. The number of aryl methyl sites for hydroxylation is 1. The van der Waals surface area contributed by atoms with Crippen molar-refractivity contribution in [1.29, 1.82) is 0 Å². The number of rotatable bonds is 5. The van der Waals surface area contributed by atoms with Crippen LogP contribution >= 0.6 is 0 Å². The number of pyridine rings is 1. The number of hydrogen-bond acceptors (Lipinski definition) is 6. The third kappa shape index (κ3) is 3.32. The highest BCUT2D eigenvalue weighted by Crippen LogP contribution is 2.36. The maximum Gasteiger partial charge on any atom is 0.259 e. The molecule has 27 heavy (non-hydrogen) atoms. The van der Waals surface area contributed by atoms with E-state index in [-0.39, 0.29) is 12.7 Å². The van der Waals surface area contributed by atoms with Gasteiger partial charge in [0, 0.05) is 12.1 Å². The summed E-state index contributed by atoms with van der Waals surface area (Å²) in [5.74, 6) is 1.72. The summed E-state index contributed by atoms with van der Waals surface area (Å²) >= 11 is 0. The number of aromatic nitrogens is 2. The van der Waals surface area contributed by atoms with Crippen LogP contribution in [0.3, 0.4) is 0 Å². The van der Waals surface area contributed by atoms with E-state index < -0.39 is 0 Å². The van der Waals surface area contributed by atoms with Crippen molar-refractivity contribution in [1.82, 2.24) is 15.5 Å². The number of nitrogens with one attached hydrogen (secondary N) is 1. The van der Waals surface area contributed by atoms with E-state index in [0.717, 1.165) is 12.0 Å². The van der Waals surface area contributed by atoms with Gasteiger partial charge in [-0.3, -0.25) is 4.79 Å². The van der Waals surface area contributed by atoms with Crippen LogP contribution in [-0.4, -0.2) is 29.4 Å². The average Bonchev–Trinajstić information content (AvgIpc) is 3.26. The summed E-state index contributed by atoms with van der Waals surface area (Å²) in [5, 5.41) is 7.60. The SMILES string of the molecule is Cc1noc2nc(-c3ccc4c(c3)OCO4)cc(C(=O)NCCC(C)C)c12. The van der Waals surface area contributed by atoms with Gasteiger partial charge in [0.1, 0.15) is 0 Å². The summed E-state index contributed by atoms with van der Waals surface area (Å²) in [6.45, 7) is 6.87. The van der Waals surface area contributed by atoms with Gasteiger partial charge in [-0.1, -0.05) is 19.0 Å². The lowest BCUT2D eigenvalue weighted by atomic mass is 10.0. The Hall–Kier alpha value is -3.09. The molecule has 0 aliphatic carbocycles. The molecule has 0 atom stereocenters. The number of amides is 1. The summed E-state index contributed by atoms with van der Waals surface area (Å²) < 4.78 is 16.1. The van der Waals surface area contributed by atoms with Crippen LogP contribution in [-0.2, 0) is 0 Å². The van der Waals surface area contributed by atoms with Gasteiger partial charge in [0.05, 0.1) is 22.3 Å². The van der Waals surface area contributed by atoms with Crippen LogP contribution in [0.25, 0.3) is 22.4 Å². The topological polar surface area (TPSA) is 86.5 Å². The van der Waals surface area contributed by atoms with Crippen molar-refractivity contribution in [2.75, 3.05) is 13.3 Å². The van der Waals surface area contributed by atoms with E-state index in [4.69, 9.17) is 14.0 Å². The summed E-state index contributed by atoms with van der Waals surface area (Å²) in [6, 6.07) is 7.33. The second-order valence-electron chi connectivity index (χ2n) is 7.01. The summed E-state index contributed by atoms with van der Waals surface area (Å²) in [4.78, 5) is 17.3. The first-order valence-corrected chi connectivity index (χ1v) is 8.98. The van der Waals surface area contributed by atoms with Crippen molar-refractivity contribution in [3.8, 4) is 22.8 Å². The number of nitrogens with zero attached hydrogens (tertiary/aromatic N) is 2. The first kappa shape index (κ1) is 17.3. The Morgan fingerprint density at radius 2 is 2.04 bits per heavy atom. The predicted molar refractivity (Wildman–Crippen MR) is 99.9 cm³/mol. The molecule has 0 spiro atoms. The molecule has 7 nitrogen and oxygen atoms in total. The lowest BCUT2D eigenvalue weighted by molar-refractivity contribution is 0.0953. The highest BCUT2D eigenvalue weighted by molar-refractivity contribution is 6.07. The van der Waals surface area contributed by atoms with E-state index in [1.807, 2.05) is 18.2 Å². The fourth-order valence-electron chi connectivity index (χ4n) is 3.05. The summed E-state index contributed by atoms with van der Waals surface area (Å²) in [7, 11) is 0. The smallest absolute Gasteiger partial charge is 0.259 e. The Morgan fingerprint density at radius 3 is 2.85 bits per heavy atom. The van der Waals surface area contributed by atoms with E-state index >= 15 is 0 Å². The zero-order chi connectivity index (χ0) is 19.0. The standard InChI is InChI=1S/C20H21N3O4/c1-11(2)6-7-21-19(24)14-9-15(22-20-18(14)12(3)23-27-20)13-4-5-16-17(8-13)26-10-25-16/h4-5,8-9,11H,6-7,10H2,1-3H3,(H,21,24). The Kier molecular flexibility index (Phi) is 4.43. The molecule has 1 aliphatic heterocycles. The van der Waals surface area contributed by atoms with Gasteiger partial charge in [-0.05, 0) is 43.5 Å². The summed E-state index contributed by atoms with van der Waals surface area (Å²) in [6.07, 6.45) is 0.914. The average molecular weight is 367 g/mol. The minimum atomic E-state index is -0.156. The Morgan fingerprint density at radius 1 is 1.22 bits per heavy atom. The molecule has 7 heteroatoms. The molecule has 2 aromatic heterocycles. The van der Waals surface area contributed by atoms with Crippen LogP contribution < -0.4 is 14.8 Å². The van der Waals surface area contributed by atoms with Gasteiger partial charge in [0.2, 0.25) is 6.79 Å². The molecule has 3 heterocycles. The van der Waals surface area contributed by atoms with Gasteiger partial charge in [-0.2, -0.15) is 0 Å². The largest absolute Gasteiger partial charge is 0.454 e. The Bertz CT molecular complexity index is 1010. The molecule has 140 valence electrons. The van der Waals surface area contributed by atoms with E-state index in [1.165, 1.54) is 0 Å². The molecule has 1 amide bonds. The van der Waals surface area contributed by atoms with Crippen LogP contribution in [0.1, 0.15) is 36.3 Å². The van der Waals surface area contributed by atoms with Gasteiger partial charge in [0.15, 0.2) is 11.5 Å². The van der Waals surface area contributed by atoms with Gasteiger partial charge in [-0.15, -0.1) is 0 Å². The van der Waals surface area contributed by atoms with E-state index in [9.17, 15) is 4.79 Å². The normalized spacial score (nSPS) is 12.7. The van der Waals surface area contributed by atoms with Gasteiger partial charge in [0.25, 0.3) is 11.6 Å². The number of ether oxygens (including phenoxy) is 2. The van der Waals surface area contributed by atoms with Crippen molar-refractivity contribution in [2.45, 2.75) is 27.2 Å². The third-order valence-corrected chi connectivity index (χ3v) is 4.54. The maximum absolute atomic E-state index is 12.8. The van der Waals surface area contributed by atoms with E-state index in [0.29, 0.717) is 52.0 Å². The molecular weight excluding hydrogens is 346 g/mol. The molecule has 1 aromatic carbocycles.